The van der Waals surface area contributed by atoms with E-state index in [9.17, 15) is 23.6 Å². The summed E-state index contributed by atoms with van der Waals surface area (Å²) >= 11 is 0. The van der Waals surface area contributed by atoms with E-state index < -0.39 is 28.4 Å². The molecule has 1 unspecified atom stereocenters. The molecule has 0 spiro atoms. The highest BCUT2D eigenvalue weighted by atomic mass is 19.1. The summed E-state index contributed by atoms with van der Waals surface area (Å²) in [4.78, 5) is 47.9. The number of hydrogen-bond donors (Lipinski definition) is 0. The minimum absolute atomic E-state index is 0.0303. The molecular formula is C21H33FN2O5. The lowest BCUT2D eigenvalue weighted by Gasteiger charge is -2.32. The molecule has 29 heavy (non-hydrogen) atoms. The SMILES string of the molecule is CC(C)CC(C)(C(=O)OCCCCCC(=O)n1cc(F)c(=O)n(C)c1=O)C(C)C. The average molecular weight is 413 g/mol. The lowest BCUT2D eigenvalue weighted by molar-refractivity contribution is -0.159. The van der Waals surface area contributed by atoms with Crippen LogP contribution >= 0.6 is 0 Å². The fourth-order valence-electron chi connectivity index (χ4n) is 3.22. The normalized spacial score (nSPS) is 13.6. The van der Waals surface area contributed by atoms with E-state index >= 15 is 0 Å². The van der Waals surface area contributed by atoms with Crippen molar-refractivity contribution >= 4 is 11.9 Å². The fraction of sp³-hybridized carbons (Fsp3) is 0.714. The van der Waals surface area contributed by atoms with Crippen molar-refractivity contribution in [3.63, 3.8) is 0 Å². The number of hydrogen-bond acceptors (Lipinski definition) is 5. The summed E-state index contributed by atoms with van der Waals surface area (Å²) in [7, 11) is 1.12. The summed E-state index contributed by atoms with van der Waals surface area (Å²) in [6, 6.07) is 0. The van der Waals surface area contributed by atoms with E-state index in [2.05, 4.69) is 13.8 Å². The van der Waals surface area contributed by atoms with Crippen LogP contribution in [0, 0.1) is 23.1 Å². The monoisotopic (exact) mass is 412 g/mol. The zero-order chi connectivity index (χ0) is 22.4. The lowest BCUT2D eigenvalue weighted by Crippen LogP contribution is -2.41. The summed E-state index contributed by atoms with van der Waals surface area (Å²) in [6.45, 7) is 10.4. The van der Waals surface area contributed by atoms with Crippen molar-refractivity contribution in [1.82, 2.24) is 9.13 Å². The Kier molecular flexibility index (Phi) is 8.98. The first kappa shape index (κ1) is 24.8. The predicted octanol–water partition coefficient (Wildman–Crippen LogP) is 3.14. The van der Waals surface area contributed by atoms with Gasteiger partial charge in [0.1, 0.15) is 0 Å². The van der Waals surface area contributed by atoms with Crippen LogP contribution in [0.25, 0.3) is 0 Å². The first-order valence-corrected chi connectivity index (χ1v) is 10.1. The third-order valence-corrected chi connectivity index (χ3v) is 5.35. The van der Waals surface area contributed by atoms with Gasteiger partial charge >= 0.3 is 11.7 Å². The van der Waals surface area contributed by atoms with Crippen LogP contribution in [0.15, 0.2) is 15.8 Å². The number of ether oxygens (including phenoxy) is 1. The van der Waals surface area contributed by atoms with Crippen LogP contribution in [0.5, 0.6) is 0 Å². The number of halogens is 1. The van der Waals surface area contributed by atoms with Crippen molar-refractivity contribution in [3.05, 3.63) is 32.9 Å². The van der Waals surface area contributed by atoms with Gasteiger partial charge < -0.3 is 4.74 Å². The number of carbonyl (C=O) groups excluding carboxylic acids is 2. The van der Waals surface area contributed by atoms with Crippen molar-refractivity contribution in [2.24, 2.45) is 24.3 Å². The Morgan fingerprint density at radius 2 is 1.76 bits per heavy atom. The molecule has 7 nitrogen and oxygen atoms in total. The third kappa shape index (κ3) is 6.37. The molecule has 1 heterocycles. The molecule has 1 rings (SSSR count). The summed E-state index contributed by atoms with van der Waals surface area (Å²) < 4.78 is 20.1. The first-order valence-electron chi connectivity index (χ1n) is 10.1. The van der Waals surface area contributed by atoms with Crippen LogP contribution in [-0.2, 0) is 16.6 Å². The van der Waals surface area contributed by atoms with Gasteiger partial charge in [0.25, 0.3) is 5.56 Å². The molecule has 0 fully saturated rings. The van der Waals surface area contributed by atoms with Crippen LogP contribution in [0.2, 0.25) is 0 Å². The second kappa shape index (κ2) is 10.5. The van der Waals surface area contributed by atoms with Crippen molar-refractivity contribution < 1.29 is 18.7 Å². The third-order valence-electron chi connectivity index (χ3n) is 5.35. The Balaban J connectivity index is 2.48. The van der Waals surface area contributed by atoms with Gasteiger partial charge in [-0.3, -0.25) is 19.0 Å². The van der Waals surface area contributed by atoms with Crippen molar-refractivity contribution in [1.29, 1.82) is 0 Å². The van der Waals surface area contributed by atoms with Gasteiger partial charge in [0.05, 0.1) is 18.2 Å². The molecule has 1 aromatic rings. The predicted molar refractivity (Wildman–Crippen MR) is 108 cm³/mol. The van der Waals surface area contributed by atoms with E-state index in [1.54, 1.807) is 0 Å². The Morgan fingerprint density at radius 3 is 2.31 bits per heavy atom. The number of carbonyl (C=O) groups is 2. The summed E-state index contributed by atoms with van der Waals surface area (Å²) in [5, 5.41) is 0. The summed E-state index contributed by atoms with van der Waals surface area (Å²) in [6.07, 6.45) is 3.08. The zero-order valence-electron chi connectivity index (χ0n) is 18.3. The quantitative estimate of drug-likeness (QED) is 0.435. The molecule has 0 N–H and O–H groups in total. The van der Waals surface area contributed by atoms with Crippen LogP contribution in [0.4, 0.5) is 4.39 Å². The second-order valence-corrected chi connectivity index (χ2v) is 8.50. The van der Waals surface area contributed by atoms with E-state index in [1.165, 1.54) is 0 Å². The van der Waals surface area contributed by atoms with Gasteiger partial charge in [-0.05, 0) is 44.4 Å². The summed E-state index contributed by atoms with van der Waals surface area (Å²) in [5.41, 5.74) is -2.46. The number of unbranched alkanes of at least 4 members (excludes halogenated alkanes) is 2. The van der Waals surface area contributed by atoms with Gasteiger partial charge in [-0.2, -0.15) is 4.39 Å². The molecule has 0 saturated carbocycles. The molecule has 1 aromatic heterocycles. The highest BCUT2D eigenvalue weighted by molar-refractivity contribution is 5.78. The maximum Gasteiger partial charge on any atom is 0.337 e. The molecule has 0 amide bonds. The minimum atomic E-state index is -1.15. The number of nitrogens with zero attached hydrogens (tertiary/aromatic N) is 2. The Bertz CT molecular complexity index is 840. The van der Waals surface area contributed by atoms with E-state index in [0.717, 1.165) is 13.5 Å². The smallest absolute Gasteiger partial charge is 0.337 e. The Labute approximate surface area is 170 Å². The highest BCUT2D eigenvalue weighted by Crippen LogP contribution is 2.35. The summed E-state index contributed by atoms with van der Waals surface area (Å²) in [5.74, 6) is -1.39. The van der Waals surface area contributed by atoms with Crippen LogP contribution in [0.1, 0.15) is 71.5 Å². The number of aromatic nitrogens is 2. The van der Waals surface area contributed by atoms with Crippen LogP contribution in [-0.4, -0.2) is 27.6 Å². The van der Waals surface area contributed by atoms with Gasteiger partial charge in [0.15, 0.2) is 0 Å². The fourth-order valence-corrected chi connectivity index (χ4v) is 3.22. The molecule has 0 aromatic carbocycles. The molecule has 0 aliphatic heterocycles. The topological polar surface area (TPSA) is 87.4 Å². The van der Waals surface area contributed by atoms with E-state index in [-0.39, 0.29) is 24.9 Å². The van der Waals surface area contributed by atoms with Gasteiger partial charge in [0, 0.05) is 13.5 Å². The second-order valence-electron chi connectivity index (χ2n) is 8.50. The van der Waals surface area contributed by atoms with Gasteiger partial charge in [-0.15, -0.1) is 0 Å². The maximum atomic E-state index is 13.5. The van der Waals surface area contributed by atoms with Gasteiger partial charge in [-0.1, -0.05) is 27.7 Å². The molecule has 0 aliphatic carbocycles. The van der Waals surface area contributed by atoms with Crippen LogP contribution < -0.4 is 11.2 Å². The van der Waals surface area contributed by atoms with Gasteiger partial charge in [-0.25, -0.2) is 9.36 Å². The van der Waals surface area contributed by atoms with Crippen molar-refractivity contribution in [2.75, 3.05) is 6.61 Å². The van der Waals surface area contributed by atoms with Gasteiger partial charge in [0.2, 0.25) is 11.7 Å². The van der Waals surface area contributed by atoms with Crippen molar-refractivity contribution in [3.8, 4) is 0 Å². The molecule has 0 saturated heterocycles. The molecule has 0 bridgehead atoms. The largest absolute Gasteiger partial charge is 0.465 e. The molecule has 0 aliphatic rings. The maximum absolute atomic E-state index is 13.5. The molecule has 1 atom stereocenters. The van der Waals surface area contributed by atoms with E-state index in [4.69, 9.17) is 4.74 Å². The zero-order valence-corrected chi connectivity index (χ0v) is 18.3. The highest BCUT2D eigenvalue weighted by Gasteiger charge is 2.38. The van der Waals surface area contributed by atoms with Crippen LogP contribution in [0.3, 0.4) is 0 Å². The Hall–Kier alpha value is -2.25. The van der Waals surface area contributed by atoms with E-state index in [1.807, 2.05) is 20.8 Å². The lowest BCUT2D eigenvalue weighted by atomic mass is 9.73. The van der Waals surface area contributed by atoms with Crippen molar-refractivity contribution in [2.45, 2.75) is 66.7 Å². The number of rotatable bonds is 10. The Morgan fingerprint density at radius 1 is 1.14 bits per heavy atom. The number of esters is 1. The molecule has 0 radical (unpaired) electrons. The van der Waals surface area contributed by atoms with E-state index in [0.29, 0.717) is 40.5 Å². The minimum Gasteiger partial charge on any atom is -0.465 e. The molecule has 164 valence electrons. The first-order chi connectivity index (χ1) is 13.4. The molecular weight excluding hydrogens is 379 g/mol. The standard InChI is InChI=1S/C21H33FN2O5/c1-14(2)12-21(5,15(3)4)19(27)29-11-9-7-8-10-17(25)24-13-16(22)18(26)23(6)20(24)28/h13-15H,7-12H2,1-6H3. The molecule has 8 heteroatoms. The average Bonchev–Trinajstić information content (AvgIpc) is 2.64.